The second kappa shape index (κ2) is 3.49. The van der Waals surface area contributed by atoms with Crippen LogP contribution in [0.25, 0.3) is 0 Å². The number of rotatable bonds is 1. The van der Waals surface area contributed by atoms with Gasteiger partial charge in [-0.1, -0.05) is 30.7 Å². The molecule has 0 aromatic carbocycles. The minimum Gasteiger partial charge on any atom is -0.0843 e. The summed E-state index contributed by atoms with van der Waals surface area (Å²) in [6, 6.07) is 0. The van der Waals surface area contributed by atoms with Gasteiger partial charge in [-0.15, -0.1) is 0 Å². The van der Waals surface area contributed by atoms with Crippen LogP contribution in [0.4, 0.5) is 0 Å². The van der Waals surface area contributed by atoms with Crippen molar-refractivity contribution in [2.24, 2.45) is 0 Å². The van der Waals surface area contributed by atoms with E-state index in [0.29, 0.717) is 0 Å². The summed E-state index contributed by atoms with van der Waals surface area (Å²) in [7, 11) is 0. The average molecular weight is 122 g/mol. The van der Waals surface area contributed by atoms with Gasteiger partial charge in [0.05, 0.1) is 0 Å². The molecule has 0 aliphatic heterocycles. The van der Waals surface area contributed by atoms with E-state index in [1.54, 1.807) is 0 Å². The Morgan fingerprint density at radius 2 is 2.33 bits per heavy atom. The predicted octanol–water partition coefficient (Wildman–Crippen LogP) is 3.06. The van der Waals surface area contributed by atoms with E-state index >= 15 is 0 Å². The zero-order valence-corrected chi connectivity index (χ0v) is 6.06. The molecular formula is C9H14. The summed E-state index contributed by atoms with van der Waals surface area (Å²) < 4.78 is 0. The Bertz CT molecular complexity index is 129. The van der Waals surface area contributed by atoms with Crippen LogP contribution in [0.15, 0.2) is 23.8 Å². The van der Waals surface area contributed by atoms with Crippen LogP contribution in [0.1, 0.15) is 32.6 Å². The van der Waals surface area contributed by atoms with Gasteiger partial charge in [0.2, 0.25) is 0 Å². The molecule has 50 valence electrons. The summed E-state index contributed by atoms with van der Waals surface area (Å²) >= 11 is 0. The van der Waals surface area contributed by atoms with Crippen LogP contribution in [-0.4, -0.2) is 0 Å². The quantitative estimate of drug-likeness (QED) is 0.501. The van der Waals surface area contributed by atoms with Gasteiger partial charge in [0.25, 0.3) is 0 Å². The summed E-state index contributed by atoms with van der Waals surface area (Å²) in [6.45, 7) is 2.21. The van der Waals surface area contributed by atoms with Crippen LogP contribution in [0.2, 0.25) is 0 Å². The smallest absolute Gasteiger partial charge is 0.0311 e. The fraction of sp³-hybridized carbons (Fsp3) is 0.556. The van der Waals surface area contributed by atoms with Gasteiger partial charge in [-0.05, 0) is 25.7 Å². The van der Waals surface area contributed by atoms with Crippen molar-refractivity contribution in [3.8, 4) is 0 Å². The third-order valence-electron chi connectivity index (χ3n) is 1.72. The van der Waals surface area contributed by atoms with Crippen LogP contribution in [0.3, 0.4) is 0 Å². The molecule has 0 atom stereocenters. The Morgan fingerprint density at radius 3 is 3.11 bits per heavy atom. The van der Waals surface area contributed by atoms with Crippen molar-refractivity contribution in [1.29, 1.82) is 0 Å². The Morgan fingerprint density at radius 1 is 1.44 bits per heavy atom. The first-order valence-corrected chi connectivity index (χ1v) is 3.79. The maximum absolute atomic E-state index is 2.35. The molecule has 0 spiro atoms. The molecule has 9 heavy (non-hydrogen) atoms. The van der Waals surface area contributed by atoms with Gasteiger partial charge in [-0.25, -0.2) is 0 Å². The lowest BCUT2D eigenvalue weighted by Gasteiger charge is -1.91. The Labute approximate surface area is 57.3 Å². The highest BCUT2D eigenvalue weighted by Gasteiger charge is 1.91. The summed E-state index contributed by atoms with van der Waals surface area (Å²) in [5, 5.41) is 0. The summed E-state index contributed by atoms with van der Waals surface area (Å²) in [6.07, 6.45) is 11.9. The zero-order chi connectivity index (χ0) is 6.53. The fourth-order valence-electron chi connectivity index (χ4n) is 1.09. The van der Waals surface area contributed by atoms with Gasteiger partial charge in [0, 0.05) is 0 Å². The molecule has 0 aromatic heterocycles. The van der Waals surface area contributed by atoms with Gasteiger partial charge < -0.3 is 0 Å². The lowest BCUT2D eigenvalue weighted by molar-refractivity contribution is 0.872. The maximum Gasteiger partial charge on any atom is -0.0311 e. The largest absolute Gasteiger partial charge is 0.0843 e. The molecule has 0 N–H and O–H groups in total. The summed E-state index contributed by atoms with van der Waals surface area (Å²) in [5.74, 6) is 0. The third kappa shape index (κ3) is 2.05. The van der Waals surface area contributed by atoms with E-state index in [1.165, 1.54) is 31.3 Å². The molecule has 1 aliphatic rings. The Hall–Kier alpha value is -0.520. The predicted molar refractivity (Wildman–Crippen MR) is 41.4 cm³/mol. The maximum atomic E-state index is 2.35. The molecule has 0 saturated heterocycles. The molecule has 1 aliphatic carbocycles. The van der Waals surface area contributed by atoms with E-state index < -0.39 is 0 Å². The van der Waals surface area contributed by atoms with Gasteiger partial charge in [-0.3, -0.25) is 0 Å². The second-order valence-corrected chi connectivity index (χ2v) is 2.47. The van der Waals surface area contributed by atoms with Crippen molar-refractivity contribution in [1.82, 2.24) is 0 Å². The first-order valence-electron chi connectivity index (χ1n) is 3.79. The highest BCUT2D eigenvalue weighted by molar-refractivity contribution is 5.19. The standard InChI is InChI=1S/C9H14/c1-2-9-7-5-3-4-6-8-9/h5,7-8H,2-4,6H2,1H3. The SMILES string of the molecule is CCC1=CCCCC=C1. The molecule has 0 fully saturated rings. The van der Waals surface area contributed by atoms with Crippen molar-refractivity contribution < 1.29 is 0 Å². The van der Waals surface area contributed by atoms with E-state index in [-0.39, 0.29) is 0 Å². The monoisotopic (exact) mass is 122 g/mol. The van der Waals surface area contributed by atoms with Crippen molar-refractivity contribution in [2.45, 2.75) is 32.6 Å². The molecule has 1 rings (SSSR count). The highest BCUT2D eigenvalue weighted by atomic mass is 14.0. The normalized spacial score (nSPS) is 19.0. The van der Waals surface area contributed by atoms with E-state index in [9.17, 15) is 0 Å². The van der Waals surface area contributed by atoms with Crippen LogP contribution in [0.5, 0.6) is 0 Å². The molecular weight excluding hydrogens is 108 g/mol. The van der Waals surface area contributed by atoms with Gasteiger partial charge in [-0.2, -0.15) is 0 Å². The minimum atomic E-state index is 1.19. The van der Waals surface area contributed by atoms with E-state index in [4.69, 9.17) is 0 Å². The van der Waals surface area contributed by atoms with Gasteiger partial charge in [0.1, 0.15) is 0 Å². The lowest BCUT2D eigenvalue weighted by atomic mass is 10.2. The van der Waals surface area contributed by atoms with Crippen molar-refractivity contribution in [2.75, 3.05) is 0 Å². The van der Waals surface area contributed by atoms with E-state index in [0.717, 1.165) is 0 Å². The van der Waals surface area contributed by atoms with E-state index in [1.807, 2.05) is 0 Å². The van der Waals surface area contributed by atoms with Gasteiger partial charge in [0.15, 0.2) is 0 Å². The molecule has 0 aromatic rings. The second-order valence-electron chi connectivity index (χ2n) is 2.47. The van der Waals surface area contributed by atoms with Crippen molar-refractivity contribution in [3.05, 3.63) is 23.8 Å². The van der Waals surface area contributed by atoms with Crippen LogP contribution in [0, 0.1) is 0 Å². The molecule has 0 amide bonds. The first kappa shape index (κ1) is 6.60. The highest BCUT2D eigenvalue weighted by Crippen LogP contribution is 2.11. The van der Waals surface area contributed by atoms with Crippen LogP contribution < -0.4 is 0 Å². The molecule has 0 nitrogen and oxygen atoms in total. The first-order chi connectivity index (χ1) is 4.43. The molecule has 0 radical (unpaired) electrons. The molecule has 0 unspecified atom stereocenters. The molecule has 0 heteroatoms. The third-order valence-corrected chi connectivity index (χ3v) is 1.72. The summed E-state index contributed by atoms with van der Waals surface area (Å²) in [4.78, 5) is 0. The number of allylic oxidation sites excluding steroid dienone is 4. The van der Waals surface area contributed by atoms with Crippen molar-refractivity contribution in [3.63, 3.8) is 0 Å². The fourth-order valence-corrected chi connectivity index (χ4v) is 1.09. The minimum absolute atomic E-state index is 1.19. The number of hydrogen-bond donors (Lipinski definition) is 0. The van der Waals surface area contributed by atoms with Crippen molar-refractivity contribution >= 4 is 0 Å². The average Bonchev–Trinajstić information content (AvgIpc) is 2.13. The molecule has 0 saturated carbocycles. The lowest BCUT2D eigenvalue weighted by Crippen LogP contribution is -1.70. The Kier molecular flexibility index (Phi) is 2.56. The molecule has 0 heterocycles. The van der Waals surface area contributed by atoms with Gasteiger partial charge >= 0.3 is 0 Å². The molecule has 0 bridgehead atoms. The topological polar surface area (TPSA) is 0 Å². The number of hydrogen-bond acceptors (Lipinski definition) is 0. The van der Waals surface area contributed by atoms with E-state index in [2.05, 4.69) is 25.2 Å². The van der Waals surface area contributed by atoms with Crippen LogP contribution >= 0.6 is 0 Å². The Balaban J connectivity index is 2.53. The van der Waals surface area contributed by atoms with Crippen LogP contribution in [-0.2, 0) is 0 Å². The summed E-state index contributed by atoms with van der Waals surface area (Å²) in [5.41, 5.74) is 1.51. The zero-order valence-electron chi connectivity index (χ0n) is 6.06.